The normalized spacial score (nSPS) is 21.8. The fraction of sp³-hybridized carbons (Fsp3) is 0.500. The van der Waals surface area contributed by atoms with Gasteiger partial charge in [0.2, 0.25) is 0 Å². The van der Waals surface area contributed by atoms with E-state index in [4.69, 9.17) is 10.5 Å². The summed E-state index contributed by atoms with van der Waals surface area (Å²) < 4.78 is 5.66. The second-order valence-electron chi connectivity index (χ2n) is 4.48. The number of likely N-dealkylation sites (N-methyl/N-ethyl adjacent to an activating group) is 1. The number of rotatable bonds is 4. The van der Waals surface area contributed by atoms with Gasteiger partial charge in [0.25, 0.3) is 5.91 Å². The Morgan fingerprint density at radius 1 is 1.37 bits per heavy atom. The van der Waals surface area contributed by atoms with Crippen LogP contribution >= 0.6 is 12.4 Å². The van der Waals surface area contributed by atoms with Gasteiger partial charge in [0.15, 0.2) is 0 Å². The number of ether oxygens (including phenoxy) is 1. The number of hydrogen-bond donors (Lipinski definition) is 1. The van der Waals surface area contributed by atoms with Gasteiger partial charge < -0.3 is 15.4 Å². The van der Waals surface area contributed by atoms with Crippen LogP contribution < -0.4 is 10.6 Å². The largest absolute Gasteiger partial charge is 0.364 e. The van der Waals surface area contributed by atoms with Crippen molar-refractivity contribution in [3.8, 4) is 0 Å². The molecule has 2 rings (SSSR count). The molecule has 5 heteroatoms. The summed E-state index contributed by atoms with van der Waals surface area (Å²) in [5.74, 6) is 0.0413. The van der Waals surface area contributed by atoms with E-state index in [1.807, 2.05) is 37.3 Å². The summed E-state index contributed by atoms with van der Waals surface area (Å²) in [7, 11) is 0. The average Bonchev–Trinajstić information content (AvgIpc) is 2.89. The third-order valence-electron chi connectivity index (χ3n) is 3.30. The zero-order valence-corrected chi connectivity index (χ0v) is 11.9. The molecule has 19 heavy (non-hydrogen) atoms. The fourth-order valence-electron chi connectivity index (χ4n) is 2.31. The minimum absolute atomic E-state index is 0. The summed E-state index contributed by atoms with van der Waals surface area (Å²) in [6.45, 7) is 3.11. The number of benzene rings is 1. The lowest BCUT2D eigenvalue weighted by Gasteiger charge is -2.24. The molecule has 2 atom stereocenters. The second-order valence-corrected chi connectivity index (χ2v) is 4.48. The van der Waals surface area contributed by atoms with Crippen molar-refractivity contribution in [2.45, 2.75) is 32.0 Å². The van der Waals surface area contributed by atoms with Gasteiger partial charge in [-0.3, -0.25) is 4.79 Å². The molecule has 0 saturated carbocycles. The monoisotopic (exact) mass is 284 g/mol. The predicted octanol–water partition coefficient (Wildman–Crippen LogP) is 1.97. The number of nitrogens with zero attached hydrogens (tertiary/aromatic N) is 1. The standard InChI is InChI=1S/C14H20N2O2.ClH/c1-2-16(11-6-4-3-5-7-11)14(17)13-9-8-12(10-15)18-13;/h3-7,12-13H,2,8-10,15H2,1H3;1H/t12-,13+;/m1./s1. The lowest BCUT2D eigenvalue weighted by Crippen LogP contribution is -2.39. The Hall–Kier alpha value is -1.10. The van der Waals surface area contributed by atoms with E-state index in [0.717, 1.165) is 18.5 Å². The average molecular weight is 285 g/mol. The molecule has 1 aliphatic rings. The lowest BCUT2D eigenvalue weighted by atomic mass is 10.1. The van der Waals surface area contributed by atoms with Crippen molar-refractivity contribution in [3.63, 3.8) is 0 Å². The van der Waals surface area contributed by atoms with Gasteiger partial charge in [-0.25, -0.2) is 0 Å². The van der Waals surface area contributed by atoms with Gasteiger partial charge in [0.1, 0.15) is 6.10 Å². The Balaban J connectivity index is 0.00000180. The number of halogens is 1. The highest BCUT2D eigenvalue weighted by Crippen LogP contribution is 2.23. The first kappa shape index (κ1) is 16.0. The molecule has 0 aromatic heterocycles. The molecule has 1 saturated heterocycles. The summed E-state index contributed by atoms with van der Waals surface area (Å²) in [4.78, 5) is 14.2. The number of para-hydroxylation sites is 1. The Kier molecular flexibility index (Phi) is 6.28. The SMILES string of the molecule is CCN(C(=O)[C@@H]1CC[C@H](CN)O1)c1ccccc1.Cl. The summed E-state index contributed by atoms with van der Waals surface area (Å²) >= 11 is 0. The Morgan fingerprint density at radius 3 is 2.58 bits per heavy atom. The van der Waals surface area contributed by atoms with Crippen molar-refractivity contribution in [3.05, 3.63) is 30.3 Å². The number of carbonyl (C=O) groups is 1. The van der Waals surface area contributed by atoms with Crippen LogP contribution in [-0.2, 0) is 9.53 Å². The molecule has 0 aliphatic carbocycles. The van der Waals surface area contributed by atoms with Crippen LogP contribution in [0, 0.1) is 0 Å². The highest BCUT2D eigenvalue weighted by atomic mass is 35.5. The van der Waals surface area contributed by atoms with Gasteiger partial charge >= 0.3 is 0 Å². The van der Waals surface area contributed by atoms with Crippen LogP contribution in [0.3, 0.4) is 0 Å². The predicted molar refractivity (Wildman–Crippen MR) is 78.7 cm³/mol. The lowest BCUT2D eigenvalue weighted by molar-refractivity contribution is -0.129. The van der Waals surface area contributed by atoms with Gasteiger partial charge in [-0.2, -0.15) is 0 Å². The minimum Gasteiger partial charge on any atom is -0.364 e. The molecule has 1 heterocycles. The first-order valence-electron chi connectivity index (χ1n) is 6.48. The van der Waals surface area contributed by atoms with Gasteiger partial charge in [-0.1, -0.05) is 18.2 Å². The number of nitrogens with two attached hydrogens (primary N) is 1. The van der Waals surface area contributed by atoms with E-state index in [-0.39, 0.29) is 30.5 Å². The summed E-state index contributed by atoms with van der Waals surface area (Å²) in [6, 6.07) is 9.69. The second kappa shape index (κ2) is 7.48. The molecule has 0 spiro atoms. The zero-order chi connectivity index (χ0) is 13.0. The van der Waals surface area contributed by atoms with E-state index in [2.05, 4.69) is 0 Å². The van der Waals surface area contributed by atoms with Crippen molar-refractivity contribution in [1.82, 2.24) is 0 Å². The number of anilines is 1. The van der Waals surface area contributed by atoms with Crippen molar-refractivity contribution < 1.29 is 9.53 Å². The molecule has 1 aromatic rings. The van der Waals surface area contributed by atoms with Crippen LogP contribution in [0.4, 0.5) is 5.69 Å². The van der Waals surface area contributed by atoms with Gasteiger partial charge in [0.05, 0.1) is 6.10 Å². The smallest absolute Gasteiger partial charge is 0.256 e. The highest BCUT2D eigenvalue weighted by molar-refractivity contribution is 5.96. The third-order valence-corrected chi connectivity index (χ3v) is 3.30. The first-order chi connectivity index (χ1) is 8.76. The van der Waals surface area contributed by atoms with Crippen molar-refractivity contribution >= 4 is 24.0 Å². The molecule has 4 nitrogen and oxygen atoms in total. The van der Waals surface area contributed by atoms with Crippen LogP contribution in [0.2, 0.25) is 0 Å². The first-order valence-corrected chi connectivity index (χ1v) is 6.48. The number of carbonyl (C=O) groups excluding carboxylic acids is 1. The van der Waals surface area contributed by atoms with E-state index >= 15 is 0 Å². The molecule has 0 bridgehead atoms. The summed E-state index contributed by atoms with van der Waals surface area (Å²) in [5.41, 5.74) is 6.49. The van der Waals surface area contributed by atoms with E-state index in [0.29, 0.717) is 13.1 Å². The van der Waals surface area contributed by atoms with Crippen molar-refractivity contribution in [1.29, 1.82) is 0 Å². The van der Waals surface area contributed by atoms with E-state index < -0.39 is 0 Å². The molecule has 0 radical (unpaired) electrons. The van der Waals surface area contributed by atoms with Gasteiger partial charge in [-0.15, -0.1) is 12.4 Å². The summed E-state index contributed by atoms with van der Waals surface area (Å²) in [6.07, 6.45) is 1.34. The van der Waals surface area contributed by atoms with Crippen LogP contribution in [0.5, 0.6) is 0 Å². The molecule has 1 aromatic carbocycles. The van der Waals surface area contributed by atoms with Crippen LogP contribution in [-0.4, -0.2) is 31.2 Å². The van der Waals surface area contributed by atoms with Crippen molar-refractivity contribution in [2.24, 2.45) is 5.73 Å². The number of hydrogen-bond acceptors (Lipinski definition) is 3. The van der Waals surface area contributed by atoms with E-state index in [9.17, 15) is 4.79 Å². The van der Waals surface area contributed by atoms with E-state index in [1.54, 1.807) is 4.90 Å². The minimum atomic E-state index is -0.335. The van der Waals surface area contributed by atoms with Crippen molar-refractivity contribution in [2.75, 3.05) is 18.0 Å². The Labute approximate surface area is 120 Å². The van der Waals surface area contributed by atoms with Crippen LogP contribution in [0.15, 0.2) is 30.3 Å². The molecule has 1 aliphatic heterocycles. The van der Waals surface area contributed by atoms with Crippen LogP contribution in [0.25, 0.3) is 0 Å². The summed E-state index contributed by atoms with van der Waals surface area (Å²) in [5, 5.41) is 0. The fourth-order valence-corrected chi connectivity index (χ4v) is 2.31. The topological polar surface area (TPSA) is 55.6 Å². The quantitative estimate of drug-likeness (QED) is 0.920. The molecular weight excluding hydrogens is 264 g/mol. The number of amides is 1. The Bertz CT molecular complexity index is 400. The molecule has 1 fully saturated rings. The molecule has 2 N–H and O–H groups in total. The maximum absolute atomic E-state index is 12.4. The molecule has 0 unspecified atom stereocenters. The third kappa shape index (κ3) is 3.69. The van der Waals surface area contributed by atoms with Gasteiger partial charge in [0, 0.05) is 18.8 Å². The zero-order valence-electron chi connectivity index (χ0n) is 11.1. The maximum atomic E-state index is 12.4. The molecule has 1 amide bonds. The van der Waals surface area contributed by atoms with Gasteiger partial charge in [-0.05, 0) is 31.9 Å². The molecular formula is C14H21ClN2O2. The van der Waals surface area contributed by atoms with E-state index in [1.165, 1.54) is 0 Å². The maximum Gasteiger partial charge on any atom is 0.256 e. The Morgan fingerprint density at radius 2 is 2.05 bits per heavy atom. The van der Waals surface area contributed by atoms with Crippen LogP contribution in [0.1, 0.15) is 19.8 Å². The molecule has 106 valence electrons. The highest BCUT2D eigenvalue weighted by Gasteiger charge is 2.32.